The van der Waals surface area contributed by atoms with Gasteiger partial charge < -0.3 is 16.0 Å². The maximum atomic E-state index is 12.5. The minimum atomic E-state index is 0.243. The van der Waals surface area contributed by atoms with Crippen LogP contribution in [0.3, 0.4) is 0 Å². The Labute approximate surface area is 131 Å². The fourth-order valence-corrected chi connectivity index (χ4v) is 3.06. The van der Waals surface area contributed by atoms with Gasteiger partial charge in [0.15, 0.2) is 0 Å². The van der Waals surface area contributed by atoms with E-state index in [9.17, 15) is 4.79 Å². The first-order valence-electron chi connectivity index (χ1n) is 8.37. The lowest BCUT2D eigenvalue weighted by molar-refractivity contribution is -0.139. The Bertz CT molecular complexity index is 556. The summed E-state index contributed by atoms with van der Waals surface area (Å²) in [4.78, 5) is 23.2. The average Bonchev–Trinajstić information content (AvgIpc) is 2.45. The van der Waals surface area contributed by atoms with E-state index in [4.69, 9.17) is 5.73 Å². The summed E-state index contributed by atoms with van der Waals surface area (Å²) in [6.07, 6.45) is 6.25. The maximum Gasteiger partial charge on any atom is 0.225 e. The molecule has 0 bridgehead atoms. The molecule has 1 aromatic heterocycles. The fraction of sp³-hybridized carbons (Fsp3) is 0.688. The van der Waals surface area contributed by atoms with Gasteiger partial charge in [0.05, 0.1) is 12.2 Å². The number of nitrogens with zero attached hydrogens (tertiary/aromatic N) is 3. The van der Waals surface area contributed by atoms with E-state index < -0.39 is 0 Å². The SMILES string of the molecule is CCCCNc1nc(N)nc2c1CN(C(=O)C1CCC1)CC2. The van der Waals surface area contributed by atoms with Crippen molar-refractivity contribution in [1.29, 1.82) is 0 Å². The second-order valence-corrected chi connectivity index (χ2v) is 6.27. The van der Waals surface area contributed by atoms with Gasteiger partial charge in [-0.25, -0.2) is 4.98 Å². The molecule has 120 valence electrons. The Balaban J connectivity index is 1.76. The summed E-state index contributed by atoms with van der Waals surface area (Å²) in [6, 6.07) is 0. The third-order valence-electron chi connectivity index (χ3n) is 4.67. The number of nitrogens with one attached hydrogen (secondary N) is 1. The first kappa shape index (κ1) is 15.1. The molecule has 1 fully saturated rings. The highest BCUT2D eigenvalue weighted by atomic mass is 16.2. The van der Waals surface area contributed by atoms with E-state index in [-0.39, 0.29) is 5.92 Å². The summed E-state index contributed by atoms with van der Waals surface area (Å²) in [5.74, 6) is 1.67. The molecule has 0 radical (unpaired) electrons. The lowest BCUT2D eigenvalue weighted by atomic mass is 9.84. The van der Waals surface area contributed by atoms with Gasteiger partial charge in [-0.3, -0.25) is 4.79 Å². The Morgan fingerprint density at radius 2 is 2.23 bits per heavy atom. The van der Waals surface area contributed by atoms with Crippen molar-refractivity contribution < 1.29 is 4.79 Å². The van der Waals surface area contributed by atoms with Crippen LogP contribution in [0, 0.1) is 5.92 Å². The highest BCUT2D eigenvalue weighted by molar-refractivity contribution is 5.80. The van der Waals surface area contributed by atoms with Crippen LogP contribution in [0.15, 0.2) is 0 Å². The number of aromatic nitrogens is 2. The number of carbonyl (C=O) groups is 1. The number of hydrogen-bond acceptors (Lipinski definition) is 5. The molecule has 1 aliphatic carbocycles. The molecule has 0 saturated heterocycles. The van der Waals surface area contributed by atoms with Gasteiger partial charge in [-0.05, 0) is 19.3 Å². The van der Waals surface area contributed by atoms with E-state index >= 15 is 0 Å². The molecule has 0 unspecified atom stereocenters. The van der Waals surface area contributed by atoms with E-state index in [1.165, 1.54) is 6.42 Å². The summed E-state index contributed by atoms with van der Waals surface area (Å²) in [5.41, 5.74) is 7.85. The number of nitrogens with two attached hydrogens (primary N) is 1. The molecule has 1 aromatic rings. The smallest absolute Gasteiger partial charge is 0.225 e. The van der Waals surface area contributed by atoms with Crippen molar-refractivity contribution in [2.24, 2.45) is 5.92 Å². The fourth-order valence-electron chi connectivity index (χ4n) is 3.06. The molecule has 6 nitrogen and oxygen atoms in total. The van der Waals surface area contributed by atoms with E-state index in [2.05, 4.69) is 22.2 Å². The number of nitrogen functional groups attached to an aromatic ring is 1. The Morgan fingerprint density at radius 1 is 1.41 bits per heavy atom. The summed E-state index contributed by atoms with van der Waals surface area (Å²) in [5, 5.41) is 3.36. The number of unbranched alkanes of at least 4 members (excludes halogenated alkanes) is 1. The first-order chi connectivity index (χ1) is 10.7. The second kappa shape index (κ2) is 6.50. The standard InChI is InChI=1S/C16H25N5O/c1-2-3-8-18-14-12-10-21(15(22)11-5-4-6-11)9-7-13(12)19-16(17)20-14/h11H,2-10H2,1H3,(H3,17,18,19,20). The molecule has 0 atom stereocenters. The molecule has 3 rings (SSSR count). The van der Waals surface area contributed by atoms with Crippen molar-refractivity contribution in [3.05, 3.63) is 11.3 Å². The van der Waals surface area contributed by atoms with Crippen molar-refractivity contribution in [3.8, 4) is 0 Å². The van der Waals surface area contributed by atoms with E-state index in [0.29, 0.717) is 18.4 Å². The van der Waals surface area contributed by atoms with Crippen LogP contribution in [0.1, 0.15) is 50.3 Å². The van der Waals surface area contributed by atoms with Gasteiger partial charge in [-0.15, -0.1) is 0 Å². The maximum absolute atomic E-state index is 12.5. The number of hydrogen-bond donors (Lipinski definition) is 2. The van der Waals surface area contributed by atoms with Crippen LogP contribution < -0.4 is 11.1 Å². The molecule has 3 N–H and O–H groups in total. The van der Waals surface area contributed by atoms with Crippen LogP contribution in [0.4, 0.5) is 11.8 Å². The molecule has 0 aromatic carbocycles. The average molecular weight is 303 g/mol. The van der Waals surface area contributed by atoms with Crippen molar-refractivity contribution in [1.82, 2.24) is 14.9 Å². The van der Waals surface area contributed by atoms with Crippen molar-refractivity contribution in [3.63, 3.8) is 0 Å². The van der Waals surface area contributed by atoms with Crippen molar-refractivity contribution in [2.45, 2.75) is 52.0 Å². The Morgan fingerprint density at radius 3 is 2.91 bits per heavy atom. The molecule has 1 aliphatic heterocycles. The van der Waals surface area contributed by atoms with Crippen molar-refractivity contribution in [2.75, 3.05) is 24.1 Å². The third kappa shape index (κ3) is 3.00. The zero-order chi connectivity index (χ0) is 15.5. The lowest BCUT2D eigenvalue weighted by Gasteiger charge is -2.35. The highest BCUT2D eigenvalue weighted by Crippen LogP contribution is 2.31. The van der Waals surface area contributed by atoms with Crippen LogP contribution >= 0.6 is 0 Å². The normalized spacial score (nSPS) is 17.8. The van der Waals surface area contributed by atoms with Gasteiger partial charge >= 0.3 is 0 Å². The van der Waals surface area contributed by atoms with Gasteiger partial charge in [0.2, 0.25) is 11.9 Å². The predicted molar refractivity (Wildman–Crippen MR) is 86.3 cm³/mol. The summed E-state index contributed by atoms with van der Waals surface area (Å²) < 4.78 is 0. The molecule has 0 spiro atoms. The number of rotatable bonds is 5. The van der Waals surface area contributed by atoms with E-state index in [1.54, 1.807) is 0 Å². The zero-order valence-electron chi connectivity index (χ0n) is 13.3. The molecular formula is C16H25N5O. The number of anilines is 2. The van der Waals surface area contributed by atoms with E-state index in [0.717, 1.165) is 62.3 Å². The number of fused-ring (bicyclic) bond motifs is 1. The van der Waals surface area contributed by atoms with Gasteiger partial charge in [-0.2, -0.15) is 4.98 Å². The summed E-state index contributed by atoms with van der Waals surface area (Å²) >= 11 is 0. The van der Waals surface area contributed by atoms with E-state index in [1.807, 2.05) is 4.90 Å². The van der Waals surface area contributed by atoms with Gasteiger partial charge in [0.25, 0.3) is 0 Å². The first-order valence-corrected chi connectivity index (χ1v) is 8.37. The Hall–Kier alpha value is -1.85. The van der Waals surface area contributed by atoms with Crippen LogP contribution in [0.5, 0.6) is 0 Å². The molecule has 22 heavy (non-hydrogen) atoms. The predicted octanol–water partition coefficient (Wildman–Crippen LogP) is 1.96. The number of carbonyl (C=O) groups excluding carboxylic acids is 1. The van der Waals surface area contributed by atoms with Crippen molar-refractivity contribution >= 4 is 17.7 Å². The van der Waals surface area contributed by atoms with Gasteiger partial charge in [0.1, 0.15) is 5.82 Å². The number of amides is 1. The van der Waals surface area contributed by atoms with Crippen LogP contribution in [-0.4, -0.2) is 33.9 Å². The molecule has 1 amide bonds. The minimum absolute atomic E-state index is 0.243. The topological polar surface area (TPSA) is 84.1 Å². The van der Waals surface area contributed by atoms with Crippen LogP contribution in [0.2, 0.25) is 0 Å². The molecule has 6 heteroatoms. The quantitative estimate of drug-likeness (QED) is 0.812. The van der Waals surface area contributed by atoms with Gasteiger partial charge in [-0.1, -0.05) is 19.8 Å². The summed E-state index contributed by atoms with van der Waals surface area (Å²) in [7, 11) is 0. The molecule has 2 aliphatic rings. The molecule has 2 heterocycles. The van der Waals surface area contributed by atoms with Gasteiger partial charge in [0, 0.05) is 31.0 Å². The summed E-state index contributed by atoms with van der Waals surface area (Å²) in [6.45, 7) is 4.38. The zero-order valence-corrected chi connectivity index (χ0v) is 13.3. The lowest BCUT2D eigenvalue weighted by Crippen LogP contribution is -2.42. The largest absolute Gasteiger partial charge is 0.370 e. The van der Waals surface area contributed by atoms with Crippen LogP contribution in [-0.2, 0) is 17.8 Å². The van der Waals surface area contributed by atoms with Crippen LogP contribution in [0.25, 0.3) is 0 Å². The Kier molecular flexibility index (Phi) is 4.45. The monoisotopic (exact) mass is 303 g/mol. The molecular weight excluding hydrogens is 278 g/mol. The minimum Gasteiger partial charge on any atom is -0.370 e. The molecule has 1 saturated carbocycles. The highest BCUT2D eigenvalue weighted by Gasteiger charge is 2.32. The third-order valence-corrected chi connectivity index (χ3v) is 4.67. The second-order valence-electron chi connectivity index (χ2n) is 6.27.